The summed E-state index contributed by atoms with van der Waals surface area (Å²) in [6.07, 6.45) is 6.27. The molecular weight excluding hydrogens is 492 g/mol. The zero-order valence-corrected chi connectivity index (χ0v) is 23.1. The number of aryl methyl sites for hydroxylation is 1. The highest BCUT2D eigenvalue weighted by Crippen LogP contribution is 2.43. The van der Waals surface area contributed by atoms with Gasteiger partial charge in [-0.25, -0.2) is 0 Å². The summed E-state index contributed by atoms with van der Waals surface area (Å²) < 4.78 is 2.14. The first-order valence-electron chi connectivity index (χ1n) is 14.5. The Kier molecular flexibility index (Phi) is 6.88. The second-order valence-corrected chi connectivity index (χ2v) is 11.5. The zero-order chi connectivity index (χ0) is 26.9. The smallest absolute Gasteiger partial charge is 0.0926 e. The molecule has 0 amide bonds. The van der Waals surface area contributed by atoms with Crippen LogP contribution < -0.4 is 0 Å². The molecule has 3 aromatic heterocycles. The molecule has 6 heteroatoms. The van der Waals surface area contributed by atoms with Gasteiger partial charge in [0.25, 0.3) is 0 Å². The molecular formula is C34H36N6. The standard InChI is InChI=1S/C34H36N6/c1-38-34(20-33(37-38)28-13-12-25-8-2-3-9-26(25)18-28)32-24-40-17-14-27(32)19-31(40)23-39(21-29-10-4-6-15-35-29)22-30-11-5-7-16-36-30/h2-13,15-16,18,20,27,31-32H,14,17,19,21-24H2,1H3/t27-,31+,32-/m0/s1. The molecule has 0 radical (unpaired) electrons. The van der Waals surface area contributed by atoms with Crippen LogP contribution in [0.1, 0.15) is 35.8 Å². The van der Waals surface area contributed by atoms with Crippen molar-refractivity contribution in [2.45, 2.75) is 37.9 Å². The second kappa shape index (κ2) is 11.0. The van der Waals surface area contributed by atoms with Crippen LogP contribution in [0, 0.1) is 5.92 Å². The molecule has 6 heterocycles. The van der Waals surface area contributed by atoms with Crippen molar-refractivity contribution in [3.63, 3.8) is 0 Å². The molecule has 3 aliphatic heterocycles. The quantitative estimate of drug-likeness (QED) is 0.251. The predicted octanol–water partition coefficient (Wildman–Crippen LogP) is 5.91. The minimum atomic E-state index is 0.525. The average molecular weight is 529 g/mol. The lowest BCUT2D eigenvalue weighted by Crippen LogP contribution is -2.56. The molecule has 0 N–H and O–H groups in total. The van der Waals surface area contributed by atoms with Crippen molar-refractivity contribution >= 4 is 10.8 Å². The maximum Gasteiger partial charge on any atom is 0.0926 e. The van der Waals surface area contributed by atoms with E-state index in [4.69, 9.17) is 5.10 Å². The van der Waals surface area contributed by atoms with Gasteiger partial charge in [0.15, 0.2) is 0 Å². The summed E-state index contributed by atoms with van der Waals surface area (Å²) in [6.45, 7) is 5.00. The van der Waals surface area contributed by atoms with Crippen molar-refractivity contribution in [2.75, 3.05) is 19.6 Å². The molecule has 3 aliphatic rings. The number of piperidine rings is 3. The van der Waals surface area contributed by atoms with E-state index in [2.05, 4.69) is 104 Å². The molecule has 2 bridgehead atoms. The van der Waals surface area contributed by atoms with Crippen molar-refractivity contribution in [3.8, 4) is 11.3 Å². The highest BCUT2D eigenvalue weighted by molar-refractivity contribution is 5.86. The molecule has 8 rings (SSSR count). The van der Waals surface area contributed by atoms with E-state index in [1.807, 2.05) is 24.5 Å². The second-order valence-electron chi connectivity index (χ2n) is 11.5. The first-order valence-corrected chi connectivity index (χ1v) is 14.5. The Bertz CT molecular complexity index is 1540. The number of hydrogen-bond acceptors (Lipinski definition) is 5. The predicted molar refractivity (Wildman–Crippen MR) is 160 cm³/mol. The normalized spacial score (nSPS) is 22.2. The van der Waals surface area contributed by atoms with Gasteiger partial charge in [-0.1, -0.05) is 48.5 Å². The van der Waals surface area contributed by atoms with Gasteiger partial charge < -0.3 is 0 Å². The SMILES string of the molecule is Cn1nc(-c2ccc3ccccc3c2)cc1[C@H]1CN2CC[C@H]1C[C@@H]2CN(Cc1ccccn1)Cc1ccccn1. The molecule has 0 saturated carbocycles. The van der Waals surface area contributed by atoms with Crippen LogP contribution in [0.15, 0.2) is 97.3 Å². The monoisotopic (exact) mass is 528 g/mol. The van der Waals surface area contributed by atoms with Crippen molar-refractivity contribution in [3.05, 3.63) is 114 Å². The first-order chi connectivity index (χ1) is 19.7. The van der Waals surface area contributed by atoms with Crippen LogP contribution in [-0.2, 0) is 20.1 Å². The van der Waals surface area contributed by atoms with Gasteiger partial charge in [0.2, 0.25) is 0 Å². The van der Waals surface area contributed by atoms with Gasteiger partial charge in [-0.05, 0) is 72.5 Å². The van der Waals surface area contributed by atoms with Crippen LogP contribution in [0.2, 0.25) is 0 Å². The zero-order valence-electron chi connectivity index (χ0n) is 23.1. The Hall–Kier alpha value is -3.87. The summed E-state index contributed by atoms with van der Waals surface area (Å²) in [5, 5.41) is 7.52. The Morgan fingerprint density at radius 1 is 0.825 bits per heavy atom. The highest BCUT2D eigenvalue weighted by Gasteiger charge is 2.42. The number of hydrogen-bond donors (Lipinski definition) is 0. The summed E-state index contributed by atoms with van der Waals surface area (Å²) in [5.74, 6) is 1.21. The van der Waals surface area contributed by atoms with Gasteiger partial charge in [-0.3, -0.25) is 24.4 Å². The minimum Gasteiger partial charge on any atom is -0.298 e. The Morgan fingerprint density at radius 3 is 2.23 bits per heavy atom. The first kappa shape index (κ1) is 25.1. The molecule has 3 saturated heterocycles. The molecule has 0 spiro atoms. The largest absolute Gasteiger partial charge is 0.298 e. The minimum absolute atomic E-state index is 0.525. The van der Waals surface area contributed by atoms with Gasteiger partial charge in [0, 0.05) is 68.8 Å². The number of pyridine rings is 2. The number of fused-ring (bicyclic) bond motifs is 4. The Balaban J connectivity index is 1.08. The van der Waals surface area contributed by atoms with Crippen LogP contribution in [0.5, 0.6) is 0 Å². The summed E-state index contributed by atoms with van der Waals surface area (Å²) in [6, 6.07) is 30.5. The molecule has 3 fully saturated rings. The summed E-state index contributed by atoms with van der Waals surface area (Å²) in [7, 11) is 2.12. The lowest BCUT2D eigenvalue weighted by atomic mass is 9.74. The van der Waals surface area contributed by atoms with Gasteiger partial charge >= 0.3 is 0 Å². The molecule has 0 aliphatic carbocycles. The van der Waals surface area contributed by atoms with Gasteiger partial charge in [0.05, 0.1) is 17.1 Å². The summed E-state index contributed by atoms with van der Waals surface area (Å²) >= 11 is 0. The third-order valence-electron chi connectivity index (χ3n) is 8.91. The third-order valence-corrected chi connectivity index (χ3v) is 8.91. The number of benzene rings is 2. The van der Waals surface area contributed by atoms with E-state index in [1.165, 1.54) is 41.4 Å². The fraction of sp³-hybridized carbons (Fsp3) is 0.324. The van der Waals surface area contributed by atoms with E-state index in [1.54, 1.807) is 0 Å². The third kappa shape index (κ3) is 5.17. The maximum absolute atomic E-state index is 4.98. The van der Waals surface area contributed by atoms with E-state index in [-0.39, 0.29) is 0 Å². The van der Waals surface area contributed by atoms with Crippen molar-refractivity contribution < 1.29 is 0 Å². The molecule has 5 aromatic rings. The summed E-state index contributed by atoms with van der Waals surface area (Å²) in [5.41, 5.74) is 5.87. The van der Waals surface area contributed by atoms with E-state index in [0.717, 1.165) is 43.3 Å². The van der Waals surface area contributed by atoms with E-state index < -0.39 is 0 Å². The fourth-order valence-electron chi connectivity index (χ4n) is 6.91. The van der Waals surface area contributed by atoms with Crippen LogP contribution in [0.25, 0.3) is 22.0 Å². The molecule has 1 unspecified atom stereocenters. The fourth-order valence-corrected chi connectivity index (χ4v) is 6.91. The summed E-state index contributed by atoms with van der Waals surface area (Å²) in [4.78, 5) is 14.5. The van der Waals surface area contributed by atoms with Crippen molar-refractivity contribution in [2.24, 2.45) is 13.0 Å². The topological polar surface area (TPSA) is 50.1 Å². The van der Waals surface area contributed by atoms with Crippen LogP contribution >= 0.6 is 0 Å². The van der Waals surface area contributed by atoms with E-state index in [0.29, 0.717) is 17.9 Å². The van der Waals surface area contributed by atoms with Gasteiger partial charge in [0.1, 0.15) is 0 Å². The van der Waals surface area contributed by atoms with E-state index >= 15 is 0 Å². The van der Waals surface area contributed by atoms with Crippen molar-refractivity contribution in [1.29, 1.82) is 0 Å². The van der Waals surface area contributed by atoms with Crippen LogP contribution in [-0.4, -0.2) is 55.2 Å². The van der Waals surface area contributed by atoms with Gasteiger partial charge in [-0.2, -0.15) is 5.10 Å². The molecule has 202 valence electrons. The molecule has 40 heavy (non-hydrogen) atoms. The Labute approximate surface area is 236 Å². The van der Waals surface area contributed by atoms with E-state index in [9.17, 15) is 0 Å². The van der Waals surface area contributed by atoms with Crippen molar-refractivity contribution in [1.82, 2.24) is 29.5 Å². The lowest BCUT2D eigenvalue weighted by molar-refractivity contribution is 0.00727. The van der Waals surface area contributed by atoms with Crippen LogP contribution in [0.4, 0.5) is 0 Å². The Morgan fingerprint density at radius 2 is 1.55 bits per heavy atom. The molecule has 6 nitrogen and oxygen atoms in total. The van der Waals surface area contributed by atoms with Gasteiger partial charge in [-0.15, -0.1) is 0 Å². The molecule has 2 aromatic carbocycles. The van der Waals surface area contributed by atoms with Crippen LogP contribution in [0.3, 0.4) is 0 Å². The average Bonchev–Trinajstić information content (AvgIpc) is 3.39. The highest BCUT2D eigenvalue weighted by atomic mass is 15.3. The maximum atomic E-state index is 4.98. The molecule has 4 atom stereocenters. The number of nitrogens with zero attached hydrogens (tertiary/aromatic N) is 6. The lowest BCUT2D eigenvalue weighted by Gasteiger charge is -2.51. The number of aromatic nitrogens is 4. The number of rotatable bonds is 8.